The molecule has 3 heteroatoms. The van der Waals surface area contributed by atoms with Crippen LogP contribution in [-0.2, 0) is 4.79 Å². The maximum Gasteiger partial charge on any atom is 0.221 e. The van der Waals surface area contributed by atoms with E-state index in [0.717, 1.165) is 37.0 Å². The molecule has 0 aliphatic heterocycles. The van der Waals surface area contributed by atoms with Crippen molar-refractivity contribution >= 4 is 17.5 Å². The maximum absolute atomic E-state index is 12.4. The minimum Gasteiger partial charge on any atom is -0.349 e. The van der Waals surface area contributed by atoms with Crippen molar-refractivity contribution in [3.63, 3.8) is 0 Å². The first kappa shape index (κ1) is 12.5. The number of nitrogens with one attached hydrogen (secondary N) is 1. The van der Waals surface area contributed by atoms with Gasteiger partial charge in [0.1, 0.15) is 0 Å². The number of hydrogen-bond donors (Lipinski definition) is 1. The van der Waals surface area contributed by atoms with E-state index in [4.69, 9.17) is 11.6 Å². The topological polar surface area (TPSA) is 29.1 Å². The number of halogens is 1. The van der Waals surface area contributed by atoms with Crippen LogP contribution in [0.3, 0.4) is 0 Å². The second kappa shape index (κ2) is 4.13. The van der Waals surface area contributed by atoms with Crippen LogP contribution in [0.4, 0.5) is 0 Å². The highest BCUT2D eigenvalue weighted by molar-refractivity contribution is 6.19. The number of rotatable bonds is 4. The van der Waals surface area contributed by atoms with E-state index in [1.807, 2.05) is 0 Å². The van der Waals surface area contributed by atoms with Gasteiger partial charge in [-0.05, 0) is 74.5 Å². The van der Waals surface area contributed by atoms with E-state index in [0.29, 0.717) is 11.3 Å². The third-order valence-electron chi connectivity index (χ3n) is 6.21. The SMILES string of the molecule is O=C(CC12CC3CC(CC(C3)C1)C2)NC1(CCl)CC1. The quantitative estimate of drug-likeness (QED) is 0.786. The van der Waals surface area contributed by atoms with Gasteiger partial charge in [0.2, 0.25) is 5.91 Å². The minimum absolute atomic E-state index is 0.0269. The van der Waals surface area contributed by atoms with Crippen LogP contribution in [0.1, 0.15) is 57.8 Å². The van der Waals surface area contributed by atoms with Gasteiger partial charge in [0.05, 0.1) is 5.54 Å². The third-order valence-corrected chi connectivity index (χ3v) is 6.73. The van der Waals surface area contributed by atoms with Crippen LogP contribution in [-0.4, -0.2) is 17.3 Å². The first-order valence-corrected chi connectivity index (χ1v) is 8.51. The zero-order valence-electron chi connectivity index (χ0n) is 11.6. The van der Waals surface area contributed by atoms with Crippen LogP contribution >= 0.6 is 11.6 Å². The van der Waals surface area contributed by atoms with Crippen LogP contribution < -0.4 is 5.32 Å². The Bertz CT molecular complexity index is 366. The number of alkyl halides is 1. The molecular weight excluding hydrogens is 258 g/mol. The smallest absolute Gasteiger partial charge is 0.221 e. The average molecular weight is 282 g/mol. The molecular formula is C16H24ClNO. The first-order valence-electron chi connectivity index (χ1n) is 7.97. The van der Waals surface area contributed by atoms with Gasteiger partial charge in [0, 0.05) is 12.3 Å². The Morgan fingerprint density at radius 1 is 1.05 bits per heavy atom. The Labute approximate surface area is 120 Å². The lowest BCUT2D eigenvalue weighted by atomic mass is 9.49. The summed E-state index contributed by atoms with van der Waals surface area (Å²) < 4.78 is 0. The lowest BCUT2D eigenvalue weighted by Crippen LogP contribution is -2.49. The van der Waals surface area contributed by atoms with E-state index in [1.54, 1.807) is 0 Å². The molecule has 19 heavy (non-hydrogen) atoms. The van der Waals surface area contributed by atoms with Gasteiger partial charge in [0.15, 0.2) is 0 Å². The third kappa shape index (κ3) is 2.20. The van der Waals surface area contributed by atoms with Crippen LogP contribution in [0.2, 0.25) is 0 Å². The minimum atomic E-state index is -0.0269. The van der Waals surface area contributed by atoms with Crippen molar-refractivity contribution in [2.75, 3.05) is 5.88 Å². The van der Waals surface area contributed by atoms with Crippen molar-refractivity contribution < 1.29 is 4.79 Å². The molecule has 2 nitrogen and oxygen atoms in total. The Morgan fingerprint density at radius 3 is 2.00 bits per heavy atom. The van der Waals surface area contributed by atoms with Crippen molar-refractivity contribution in [2.24, 2.45) is 23.2 Å². The van der Waals surface area contributed by atoms with Crippen LogP contribution in [0.5, 0.6) is 0 Å². The molecule has 5 fully saturated rings. The van der Waals surface area contributed by atoms with E-state index >= 15 is 0 Å². The molecule has 1 amide bonds. The van der Waals surface area contributed by atoms with Gasteiger partial charge in [0.25, 0.3) is 0 Å². The van der Waals surface area contributed by atoms with Crippen molar-refractivity contribution in [3.8, 4) is 0 Å². The Kier molecular flexibility index (Phi) is 2.72. The lowest BCUT2D eigenvalue weighted by molar-refractivity contribution is -0.130. The van der Waals surface area contributed by atoms with E-state index < -0.39 is 0 Å². The zero-order chi connectivity index (χ0) is 13.1. The predicted molar refractivity (Wildman–Crippen MR) is 76.0 cm³/mol. The number of hydrogen-bond acceptors (Lipinski definition) is 1. The molecule has 0 aromatic heterocycles. The fraction of sp³-hybridized carbons (Fsp3) is 0.938. The molecule has 1 N–H and O–H groups in total. The summed E-state index contributed by atoms with van der Waals surface area (Å²) in [5.41, 5.74) is 0.335. The van der Waals surface area contributed by atoms with E-state index in [-0.39, 0.29) is 11.4 Å². The molecule has 0 aromatic rings. The molecule has 0 saturated heterocycles. The highest BCUT2D eigenvalue weighted by Gasteiger charge is 2.52. The predicted octanol–water partition coefficient (Wildman–Crippen LogP) is 3.48. The molecule has 5 rings (SSSR count). The molecule has 0 aromatic carbocycles. The van der Waals surface area contributed by atoms with Gasteiger partial charge < -0.3 is 5.32 Å². The fourth-order valence-corrected chi connectivity index (χ4v) is 5.96. The molecule has 0 radical (unpaired) electrons. The summed E-state index contributed by atoms with van der Waals surface area (Å²) in [6.45, 7) is 0. The summed E-state index contributed by atoms with van der Waals surface area (Å²) >= 11 is 5.96. The summed E-state index contributed by atoms with van der Waals surface area (Å²) in [7, 11) is 0. The van der Waals surface area contributed by atoms with Crippen molar-refractivity contribution in [1.29, 1.82) is 0 Å². The number of carbonyl (C=O) groups is 1. The Hall–Kier alpha value is -0.240. The Morgan fingerprint density at radius 2 is 1.58 bits per heavy atom. The van der Waals surface area contributed by atoms with Crippen molar-refractivity contribution in [3.05, 3.63) is 0 Å². The van der Waals surface area contributed by atoms with E-state index in [9.17, 15) is 4.79 Å². The summed E-state index contributed by atoms with van der Waals surface area (Å²) in [6, 6.07) is 0. The second-order valence-corrected chi connectivity index (χ2v) is 8.32. The lowest BCUT2D eigenvalue weighted by Gasteiger charge is -2.56. The van der Waals surface area contributed by atoms with E-state index in [1.165, 1.54) is 38.5 Å². The molecule has 0 atom stereocenters. The van der Waals surface area contributed by atoms with Gasteiger partial charge in [-0.3, -0.25) is 4.79 Å². The molecule has 106 valence electrons. The zero-order valence-corrected chi connectivity index (χ0v) is 12.3. The van der Waals surface area contributed by atoms with Crippen LogP contribution in [0.25, 0.3) is 0 Å². The summed E-state index contributed by atoms with van der Waals surface area (Å²) in [6.07, 6.45) is 11.2. The molecule has 0 unspecified atom stereocenters. The van der Waals surface area contributed by atoms with E-state index in [2.05, 4.69) is 5.32 Å². The molecule has 0 spiro atoms. The molecule has 0 heterocycles. The Balaban J connectivity index is 1.43. The summed E-state index contributed by atoms with van der Waals surface area (Å²) in [5.74, 6) is 3.66. The maximum atomic E-state index is 12.4. The first-order chi connectivity index (χ1) is 9.10. The molecule has 5 saturated carbocycles. The molecule has 4 bridgehead atoms. The van der Waals surface area contributed by atoms with Crippen LogP contribution in [0.15, 0.2) is 0 Å². The van der Waals surface area contributed by atoms with Gasteiger partial charge in [-0.1, -0.05) is 0 Å². The summed E-state index contributed by atoms with van der Waals surface area (Å²) in [4.78, 5) is 12.4. The average Bonchev–Trinajstić information content (AvgIpc) is 3.06. The fourth-order valence-electron chi connectivity index (χ4n) is 5.63. The monoisotopic (exact) mass is 281 g/mol. The van der Waals surface area contributed by atoms with Crippen LogP contribution in [0, 0.1) is 23.2 Å². The molecule has 5 aliphatic carbocycles. The van der Waals surface area contributed by atoms with Gasteiger partial charge >= 0.3 is 0 Å². The second-order valence-electron chi connectivity index (χ2n) is 8.06. The molecule has 5 aliphatic rings. The normalized spacial score (nSPS) is 45.2. The van der Waals surface area contributed by atoms with Gasteiger partial charge in [-0.2, -0.15) is 0 Å². The highest BCUT2D eigenvalue weighted by atomic mass is 35.5. The highest BCUT2D eigenvalue weighted by Crippen LogP contribution is 2.61. The van der Waals surface area contributed by atoms with Gasteiger partial charge in [-0.25, -0.2) is 0 Å². The largest absolute Gasteiger partial charge is 0.349 e. The standard InChI is InChI=1S/C16H24ClNO/c17-10-16(1-2-16)18-14(19)9-15-6-11-3-12(7-15)5-13(4-11)8-15/h11-13H,1-10H2,(H,18,19). The van der Waals surface area contributed by atoms with Crippen molar-refractivity contribution in [2.45, 2.75) is 63.3 Å². The van der Waals surface area contributed by atoms with Gasteiger partial charge in [-0.15, -0.1) is 11.6 Å². The van der Waals surface area contributed by atoms with Crippen molar-refractivity contribution in [1.82, 2.24) is 5.32 Å². The number of amides is 1. The summed E-state index contributed by atoms with van der Waals surface area (Å²) in [5, 5.41) is 3.22. The number of carbonyl (C=O) groups excluding carboxylic acids is 1.